The second-order valence-electron chi connectivity index (χ2n) is 7.37. The molecule has 0 atom stereocenters. The molecule has 0 N–H and O–H groups in total. The van der Waals surface area contributed by atoms with Crippen molar-refractivity contribution in [3.05, 3.63) is 71.8 Å². The zero-order valence-corrected chi connectivity index (χ0v) is 23.0. The van der Waals surface area contributed by atoms with Crippen molar-refractivity contribution in [2.24, 2.45) is 0 Å². The van der Waals surface area contributed by atoms with Crippen molar-refractivity contribution in [2.45, 2.75) is 39.8 Å². The Labute approximate surface area is 201 Å². The first-order chi connectivity index (χ1) is 12.1. The Kier molecular flexibility index (Phi) is 8.96. The first-order valence-electron chi connectivity index (χ1n) is 9.43. The number of halogens is 2. The molecule has 0 amide bonds. The minimum Gasteiger partial charge on any atom is -1.00 e. The molecule has 4 rings (SSSR count). The van der Waals surface area contributed by atoms with E-state index in [0.29, 0.717) is 0 Å². The van der Waals surface area contributed by atoms with Crippen molar-refractivity contribution in [3.63, 3.8) is 0 Å². The molecule has 0 heterocycles. The number of hydrogen-bond donors (Lipinski definition) is 0. The van der Waals surface area contributed by atoms with Gasteiger partial charge in [0.15, 0.2) is 0 Å². The van der Waals surface area contributed by atoms with E-state index in [1.807, 2.05) is 0 Å². The summed E-state index contributed by atoms with van der Waals surface area (Å²) >= 11 is 0. The fraction of sp³-hybridized carbons (Fsp3) is 0.250. The van der Waals surface area contributed by atoms with E-state index in [1.54, 1.807) is 10.4 Å². The van der Waals surface area contributed by atoms with Gasteiger partial charge in [0.05, 0.1) is 0 Å². The SMILES string of the molecule is CC[Si](CC)(c1c(C)[cH-]c2ccccc12)c1c(C)[cH-]c2ccccc12.[Cl-].[Cl-].[Hf+4]. The first kappa shape index (κ1) is 25.4. The molecule has 0 saturated heterocycles. The van der Waals surface area contributed by atoms with Crippen LogP contribution in [0.1, 0.15) is 25.0 Å². The van der Waals surface area contributed by atoms with Crippen molar-refractivity contribution >= 4 is 40.0 Å². The summed E-state index contributed by atoms with van der Waals surface area (Å²) in [6, 6.07) is 25.3. The molecule has 0 nitrogen and oxygen atoms in total. The van der Waals surface area contributed by atoms with Crippen LogP contribution < -0.4 is 35.2 Å². The van der Waals surface area contributed by atoms with Gasteiger partial charge in [-0.3, -0.25) is 0 Å². The smallest absolute Gasteiger partial charge is 1.00 e. The Morgan fingerprint density at radius 2 is 1.04 bits per heavy atom. The molecule has 0 radical (unpaired) electrons. The zero-order chi connectivity index (χ0) is 17.6. The van der Waals surface area contributed by atoms with Gasteiger partial charge in [0.2, 0.25) is 0 Å². The Balaban J connectivity index is 0.00000131. The topological polar surface area (TPSA) is 0 Å². The van der Waals surface area contributed by atoms with Crippen molar-refractivity contribution in [3.8, 4) is 0 Å². The van der Waals surface area contributed by atoms with Gasteiger partial charge in [-0.25, -0.2) is 0 Å². The van der Waals surface area contributed by atoms with E-state index in [2.05, 4.69) is 88.4 Å². The van der Waals surface area contributed by atoms with Crippen LogP contribution in [-0.4, -0.2) is 8.07 Å². The van der Waals surface area contributed by atoms with Crippen molar-refractivity contribution in [2.75, 3.05) is 0 Å². The molecule has 4 aromatic rings. The van der Waals surface area contributed by atoms with E-state index in [-0.39, 0.29) is 50.7 Å². The van der Waals surface area contributed by atoms with Crippen LogP contribution in [0.25, 0.3) is 21.5 Å². The van der Waals surface area contributed by atoms with Crippen LogP contribution in [0.5, 0.6) is 0 Å². The molecule has 144 valence electrons. The summed E-state index contributed by atoms with van der Waals surface area (Å²) in [5.41, 5.74) is 2.97. The van der Waals surface area contributed by atoms with Crippen LogP contribution in [0.15, 0.2) is 60.7 Å². The number of rotatable bonds is 4. The third-order valence-corrected chi connectivity index (χ3v) is 11.8. The second-order valence-corrected chi connectivity index (χ2v) is 11.9. The zero-order valence-electron chi connectivity index (χ0n) is 16.9. The molecule has 0 fully saturated rings. The fourth-order valence-corrected chi connectivity index (χ4v) is 10.4. The summed E-state index contributed by atoms with van der Waals surface area (Å²) < 4.78 is 0. The molecular weight excluding hydrogens is 566 g/mol. The summed E-state index contributed by atoms with van der Waals surface area (Å²) in [5.74, 6) is 0. The minimum atomic E-state index is -1.81. The van der Waals surface area contributed by atoms with Gasteiger partial charge >= 0.3 is 25.8 Å². The average molecular weight is 592 g/mol. The molecule has 0 aliphatic carbocycles. The average Bonchev–Trinajstić information content (AvgIpc) is 3.14. The van der Waals surface area contributed by atoms with E-state index in [9.17, 15) is 0 Å². The number of benzene rings is 2. The summed E-state index contributed by atoms with van der Waals surface area (Å²) in [5, 5.41) is 9.13. The molecule has 0 spiro atoms. The summed E-state index contributed by atoms with van der Waals surface area (Å²) in [4.78, 5) is 0. The number of fused-ring (bicyclic) bond motifs is 2. The fourth-order valence-electron chi connectivity index (χ4n) is 5.09. The van der Waals surface area contributed by atoms with E-state index in [4.69, 9.17) is 0 Å². The van der Waals surface area contributed by atoms with Crippen molar-refractivity contribution in [1.29, 1.82) is 0 Å². The summed E-state index contributed by atoms with van der Waals surface area (Å²) in [7, 11) is -1.81. The number of hydrogen-bond acceptors (Lipinski definition) is 0. The molecule has 0 aliphatic rings. The van der Waals surface area contributed by atoms with Crippen LogP contribution in [0.4, 0.5) is 0 Å². The molecule has 0 unspecified atom stereocenters. The summed E-state index contributed by atoms with van der Waals surface area (Å²) in [6.07, 6.45) is 0. The molecule has 0 bridgehead atoms. The minimum absolute atomic E-state index is 0. The number of aryl methyl sites for hydroxylation is 2. The molecule has 0 aromatic heterocycles. The standard InChI is InChI=1S/C24H26Si.2ClH.Hf/c1-5-25(6-2,23-17(3)15-19-11-7-9-13-21(19)23)24-18(4)16-20-12-8-10-14-22(20)24;;;/h7-16H,5-6H2,1-4H3;2*1H;/q-2;;;+4/p-2. The summed E-state index contributed by atoms with van der Waals surface area (Å²) in [6.45, 7) is 9.47. The van der Waals surface area contributed by atoms with Gasteiger partial charge < -0.3 is 24.8 Å². The van der Waals surface area contributed by atoms with Gasteiger partial charge in [-0.2, -0.15) is 10.4 Å². The molecular formula is C24H26Cl2HfSi. The predicted octanol–water partition coefficient (Wildman–Crippen LogP) is -0.344. The molecule has 0 saturated carbocycles. The van der Waals surface area contributed by atoms with Gasteiger partial charge in [0.1, 0.15) is 0 Å². The van der Waals surface area contributed by atoms with Gasteiger partial charge in [-0.05, 0) is 0 Å². The van der Waals surface area contributed by atoms with Gasteiger partial charge in [-0.1, -0.05) is 51.9 Å². The van der Waals surface area contributed by atoms with Gasteiger partial charge in [-0.15, -0.1) is 81.2 Å². The van der Waals surface area contributed by atoms with E-state index < -0.39 is 8.07 Å². The Morgan fingerprint density at radius 1 is 0.679 bits per heavy atom. The maximum absolute atomic E-state index is 2.41. The quantitative estimate of drug-likeness (QED) is 0.225. The largest absolute Gasteiger partial charge is 4.00 e. The van der Waals surface area contributed by atoms with Crippen LogP contribution >= 0.6 is 0 Å². The first-order valence-corrected chi connectivity index (χ1v) is 11.8. The van der Waals surface area contributed by atoms with Gasteiger partial charge in [0, 0.05) is 8.07 Å². The third-order valence-electron chi connectivity index (χ3n) is 6.16. The van der Waals surface area contributed by atoms with Crippen LogP contribution in [0.3, 0.4) is 0 Å². The van der Waals surface area contributed by atoms with E-state index in [1.165, 1.54) is 44.8 Å². The molecule has 28 heavy (non-hydrogen) atoms. The Bertz CT molecular complexity index is 975. The Hall–Kier alpha value is -0.673. The molecule has 4 aromatic carbocycles. The normalized spacial score (nSPS) is 11.0. The van der Waals surface area contributed by atoms with Crippen LogP contribution in [0, 0.1) is 13.8 Å². The second kappa shape index (κ2) is 9.89. The van der Waals surface area contributed by atoms with Crippen LogP contribution in [0.2, 0.25) is 12.1 Å². The van der Waals surface area contributed by atoms with Crippen LogP contribution in [-0.2, 0) is 25.8 Å². The van der Waals surface area contributed by atoms with Gasteiger partial charge in [0.25, 0.3) is 0 Å². The van der Waals surface area contributed by atoms with E-state index in [0.717, 1.165) is 0 Å². The van der Waals surface area contributed by atoms with Crippen molar-refractivity contribution < 1.29 is 50.7 Å². The molecule has 0 aliphatic heterocycles. The van der Waals surface area contributed by atoms with Crippen molar-refractivity contribution in [1.82, 2.24) is 0 Å². The maximum atomic E-state index is 2.41. The predicted molar refractivity (Wildman–Crippen MR) is 115 cm³/mol. The van der Waals surface area contributed by atoms with E-state index >= 15 is 0 Å². The maximum Gasteiger partial charge on any atom is 4.00 e. The molecule has 4 heteroatoms. The Morgan fingerprint density at radius 3 is 1.39 bits per heavy atom. The monoisotopic (exact) mass is 592 g/mol. The third kappa shape index (κ3) is 3.74.